The molecule has 0 bridgehead atoms. The lowest BCUT2D eigenvalue weighted by molar-refractivity contribution is 0.669. The van der Waals surface area contributed by atoms with Gasteiger partial charge in [-0.2, -0.15) is 0 Å². The number of aromatic nitrogens is 3. The van der Waals surface area contributed by atoms with E-state index in [0.717, 1.165) is 72.0 Å². The SMILES string of the molecule is c1ccc(-c2ccc(-c3nc(-c4ccc(-c5ccc6c(c5)oc5cccc(-c7ccccc7)c56)cc4)nc(-c4cccc(-c5ccc6ccccc6c5)c4)n3)cc2)cc1. The molecule has 0 radical (unpaired) electrons. The summed E-state index contributed by atoms with van der Waals surface area (Å²) in [5, 5.41) is 4.66. The van der Waals surface area contributed by atoms with Crippen molar-refractivity contribution >= 4 is 32.7 Å². The molecule has 0 aliphatic rings. The Bertz CT molecular complexity index is 3300. The topological polar surface area (TPSA) is 51.8 Å². The van der Waals surface area contributed by atoms with Crippen LogP contribution in [0.2, 0.25) is 0 Å². The van der Waals surface area contributed by atoms with E-state index in [4.69, 9.17) is 19.4 Å². The Labute approximate surface area is 341 Å². The lowest BCUT2D eigenvalue weighted by Crippen LogP contribution is -2.00. The van der Waals surface area contributed by atoms with Gasteiger partial charge in [-0.25, -0.2) is 15.0 Å². The zero-order valence-electron chi connectivity index (χ0n) is 32.0. The van der Waals surface area contributed by atoms with Gasteiger partial charge < -0.3 is 4.42 Å². The van der Waals surface area contributed by atoms with E-state index in [2.05, 4.69) is 194 Å². The van der Waals surface area contributed by atoms with Gasteiger partial charge >= 0.3 is 0 Å². The number of nitrogens with zero attached hydrogens (tertiary/aromatic N) is 3. The minimum Gasteiger partial charge on any atom is -0.456 e. The van der Waals surface area contributed by atoms with Gasteiger partial charge in [0.2, 0.25) is 0 Å². The molecule has 0 unspecified atom stereocenters. The van der Waals surface area contributed by atoms with E-state index in [1.807, 2.05) is 18.2 Å². The Balaban J connectivity index is 0.971. The van der Waals surface area contributed by atoms with Crippen LogP contribution in [0.1, 0.15) is 0 Å². The first-order valence-electron chi connectivity index (χ1n) is 19.8. The van der Waals surface area contributed by atoms with Crippen molar-refractivity contribution in [3.8, 4) is 78.7 Å². The second kappa shape index (κ2) is 14.5. The molecule has 11 aromatic rings. The van der Waals surface area contributed by atoms with E-state index in [1.165, 1.54) is 21.9 Å². The van der Waals surface area contributed by atoms with Crippen LogP contribution in [0.25, 0.3) is 111 Å². The van der Waals surface area contributed by atoms with Crippen molar-refractivity contribution in [2.75, 3.05) is 0 Å². The quantitative estimate of drug-likeness (QED) is 0.163. The van der Waals surface area contributed by atoms with Crippen molar-refractivity contribution in [2.24, 2.45) is 0 Å². The molecule has 0 saturated carbocycles. The van der Waals surface area contributed by atoms with Crippen molar-refractivity contribution in [3.05, 3.63) is 212 Å². The van der Waals surface area contributed by atoms with Gasteiger partial charge in [-0.1, -0.05) is 182 Å². The number of hydrogen-bond acceptors (Lipinski definition) is 4. The molecule has 11 rings (SSSR count). The predicted molar refractivity (Wildman–Crippen MR) is 243 cm³/mol. The number of benzene rings is 9. The van der Waals surface area contributed by atoms with Gasteiger partial charge in [0, 0.05) is 27.5 Å². The summed E-state index contributed by atoms with van der Waals surface area (Å²) in [4.78, 5) is 15.3. The molecule has 0 aliphatic heterocycles. The van der Waals surface area contributed by atoms with E-state index >= 15 is 0 Å². The molecule has 2 aromatic heterocycles. The van der Waals surface area contributed by atoms with Gasteiger partial charge in [0.05, 0.1) is 0 Å². The zero-order valence-corrected chi connectivity index (χ0v) is 32.0. The molecular formula is C55H35N3O. The highest BCUT2D eigenvalue weighted by Crippen LogP contribution is 2.39. The molecule has 0 atom stereocenters. The van der Waals surface area contributed by atoms with E-state index in [9.17, 15) is 0 Å². The Morgan fingerprint density at radius 2 is 0.746 bits per heavy atom. The molecule has 0 saturated heterocycles. The molecule has 0 fully saturated rings. The molecule has 59 heavy (non-hydrogen) atoms. The predicted octanol–water partition coefficient (Wildman–Crippen LogP) is 14.6. The van der Waals surface area contributed by atoms with Crippen LogP contribution in [0.15, 0.2) is 217 Å². The number of furan rings is 1. The first-order valence-corrected chi connectivity index (χ1v) is 19.8. The van der Waals surface area contributed by atoms with Crippen molar-refractivity contribution in [1.82, 2.24) is 15.0 Å². The lowest BCUT2D eigenvalue weighted by Gasteiger charge is -2.11. The highest BCUT2D eigenvalue weighted by molar-refractivity contribution is 6.13. The second-order valence-electron chi connectivity index (χ2n) is 14.8. The van der Waals surface area contributed by atoms with E-state index in [1.54, 1.807) is 0 Å². The monoisotopic (exact) mass is 753 g/mol. The first-order chi connectivity index (χ1) is 29.2. The Morgan fingerprint density at radius 1 is 0.271 bits per heavy atom. The normalized spacial score (nSPS) is 11.4. The molecule has 2 heterocycles. The van der Waals surface area contributed by atoms with Crippen LogP contribution in [0.5, 0.6) is 0 Å². The molecule has 276 valence electrons. The van der Waals surface area contributed by atoms with Crippen LogP contribution < -0.4 is 0 Å². The van der Waals surface area contributed by atoms with Gasteiger partial charge in [0.15, 0.2) is 17.5 Å². The standard InChI is InChI=1S/C55H35N3O/c1-3-11-36(12-4-1)38-21-26-41(27-22-38)53-56-54(58-55(57-53)47-18-9-17-44(34-47)45-30-25-37-13-7-8-16-43(37)33-45)42-28-23-39(24-29-42)46-31-32-49-51(35-46)59-50-20-10-19-48(52(49)50)40-14-5-2-6-15-40/h1-35H. The van der Waals surface area contributed by atoms with Crippen LogP contribution in [0.3, 0.4) is 0 Å². The summed E-state index contributed by atoms with van der Waals surface area (Å²) in [6.45, 7) is 0. The average molecular weight is 754 g/mol. The summed E-state index contributed by atoms with van der Waals surface area (Å²) in [5.74, 6) is 1.85. The molecule has 0 aliphatic carbocycles. The minimum absolute atomic E-state index is 0.612. The van der Waals surface area contributed by atoms with Crippen molar-refractivity contribution in [3.63, 3.8) is 0 Å². The molecule has 4 nitrogen and oxygen atoms in total. The maximum atomic E-state index is 6.44. The van der Waals surface area contributed by atoms with Crippen LogP contribution in [-0.2, 0) is 0 Å². The summed E-state index contributed by atoms with van der Waals surface area (Å²) in [7, 11) is 0. The largest absolute Gasteiger partial charge is 0.456 e. The van der Waals surface area contributed by atoms with E-state index < -0.39 is 0 Å². The maximum Gasteiger partial charge on any atom is 0.164 e. The van der Waals surface area contributed by atoms with Gasteiger partial charge in [0.25, 0.3) is 0 Å². The Hall–Kier alpha value is -7.95. The van der Waals surface area contributed by atoms with Crippen LogP contribution >= 0.6 is 0 Å². The fourth-order valence-electron chi connectivity index (χ4n) is 8.09. The fourth-order valence-corrected chi connectivity index (χ4v) is 8.09. The van der Waals surface area contributed by atoms with Crippen molar-refractivity contribution < 1.29 is 4.42 Å². The minimum atomic E-state index is 0.612. The average Bonchev–Trinajstić information content (AvgIpc) is 3.70. The molecule has 0 amide bonds. The third kappa shape index (κ3) is 6.53. The number of fused-ring (bicyclic) bond motifs is 4. The fraction of sp³-hybridized carbons (Fsp3) is 0. The van der Waals surface area contributed by atoms with E-state index in [0.29, 0.717) is 17.5 Å². The van der Waals surface area contributed by atoms with Crippen molar-refractivity contribution in [1.29, 1.82) is 0 Å². The summed E-state index contributed by atoms with van der Waals surface area (Å²) in [6.07, 6.45) is 0. The highest BCUT2D eigenvalue weighted by Gasteiger charge is 2.16. The van der Waals surface area contributed by atoms with Crippen LogP contribution in [0.4, 0.5) is 0 Å². The lowest BCUT2D eigenvalue weighted by atomic mass is 9.98. The summed E-state index contributed by atoms with van der Waals surface area (Å²) in [5.41, 5.74) is 13.5. The maximum absolute atomic E-state index is 6.44. The van der Waals surface area contributed by atoms with Gasteiger partial charge in [-0.05, 0) is 85.6 Å². The Kier molecular flexibility index (Phi) is 8.45. The molecule has 4 heteroatoms. The third-order valence-electron chi connectivity index (χ3n) is 11.1. The van der Waals surface area contributed by atoms with Gasteiger partial charge in [-0.3, -0.25) is 0 Å². The highest BCUT2D eigenvalue weighted by atomic mass is 16.3. The van der Waals surface area contributed by atoms with Crippen LogP contribution in [-0.4, -0.2) is 15.0 Å². The molecule has 0 spiro atoms. The zero-order chi connectivity index (χ0) is 39.1. The summed E-state index contributed by atoms with van der Waals surface area (Å²) >= 11 is 0. The summed E-state index contributed by atoms with van der Waals surface area (Å²) in [6, 6.07) is 74.1. The number of hydrogen-bond donors (Lipinski definition) is 0. The molecule has 9 aromatic carbocycles. The molecule has 0 N–H and O–H groups in total. The molecular weight excluding hydrogens is 719 g/mol. The summed E-state index contributed by atoms with van der Waals surface area (Å²) < 4.78 is 6.44. The van der Waals surface area contributed by atoms with Gasteiger partial charge in [0.1, 0.15) is 11.2 Å². The number of rotatable bonds is 7. The van der Waals surface area contributed by atoms with Crippen LogP contribution in [0, 0.1) is 0 Å². The second-order valence-corrected chi connectivity index (χ2v) is 14.8. The van der Waals surface area contributed by atoms with E-state index in [-0.39, 0.29) is 0 Å². The van der Waals surface area contributed by atoms with Crippen molar-refractivity contribution in [2.45, 2.75) is 0 Å². The smallest absolute Gasteiger partial charge is 0.164 e. The third-order valence-corrected chi connectivity index (χ3v) is 11.1. The Morgan fingerprint density at radius 3 is 1.46 bits per heavy atom. The first kappa shape index (κ1) is 34.3. The van der Waals surface area contributed by atoms with Gasteiger partial charge in [-0.15, -0.1) is 0 Å².